The highest BCUT2D eigenvalue weighted by molar-refractivity contribution is 6.31. The molecule has 0 spiro atoms. The average Bonchev–Trinajstić information content (AvgIpc) is 2.54. The Morgan fingerprint density at radius 2 is 1.84 bits per heavy atom. The second-order valence-corrected chi connectivity index (χ2v) is 7.30. The molecule has 0 aliphatic carbocycles. The van der Waals surface area contributed by atoms with E-state index < -0.39 is 0 Å². The molecule has 0 heterocycles. The molecule has 0 atom stereocenters. The summed E-state index contributed by atoms with van der Waals surface area (Å²) in [6.07, 6.45) is 0.341. The van der Waals surface area contributed by atoms with Gasteiger partial charge in [0, 0.05) is 23.7 Å². The van der Waals surface area contributed by atoms with Crippen LogP contribution >= 0.6 is 11.6 Å². The lowest BCUT2D eigenvalue weighted by atomic mass is 9.86. The summed E-state index contributed by atoms with van der Waals surface area (Å²) in [6.45, 7) is 7.06. The maximum Gasteiger partial charge on any atom is 0.226 e. The van der Waals surface area contributed by atoms with Crippen LogP contribution in [0, 0.1) is 0 Å². The zero-order chi connectivity index (χ0) is 18.4. The molecule has 2 N–H and O–H groups in total. The number of carbonyl (C=O) groups excluding carboxylic acids is 1. The molecule has 0 saturated carbocycles. The molecular weight excluding hydrogens is 336 g/mol. The van der Waals surface area contributed by atoms with Crippen LogP contribution in [-0.4, -0.2) is 19.6 Å². The van der Waals surface area contributed by atoms with Gasteiger partial charge in [-0.2, -0.15) is 0 Å². The topological polar surface area (TPSA) is 50.4 Å². The number of hydrogen-bond acceptors (Lipinski definition) is 3. The van der Waals surface area contributed by atoms with Crippen LogP contribution in [-0.2, 0) is 10.2 Å². The Morgan fingerprint density at radius 1 is 1.12 bits per heavy atom. The fourth-order valence-electron chi connectivity index (χ4n) is 2.59. The normalized spacial score (nSPS) is 11.1. The van der Waals surface area contributed by atoms with Crippen molar-refractivity contribution in [1.29, 1.82) is 0 Å². The summed E-state index contributed by atoms with van der Waals surface area (Å²) in [6, 6.07) is 13.3. The largest absolute Gasteiger partial charge is 0.495 e. The van der Waals surface area contributed by atoms with Gasteiger partial charge < -0.3 is 15.4 Å². The molecule has 0 saturated heterocycles. The molecular formula is C20H25ClN2O2. The van der Waals surface area contributed by atoms with Crippen LogP contribution in [0.5, 0.6) is 5.75 Å². The summed E-state index contributed by atoms with van der Waals surface area (Å²) in [5.41, 5.74) is 2.91. The third-order valence-corrected chi connectivity index (χ3v) is 4.07. The minimum absolute atomic E-state index is 0.0417. The summed E-state index contributed by atoms with van der Waals surface area (Å²) < 4.78 is 5.24. The van der Waals surface area contributed by atoms with E-state index in [4.69, 9.17) is 16.3 Å². The van der Waals surface area contributed by atoms with E-state index in [9.17, 15) is 4.79 Å². The van der Waals surface area contributed by atoms with Crippen molar-refractivity contribution in [3.8, 4) is 5.75 Å². The van der Waals surface area contributed by atoms with Crippen LogP contribution in [0.1, 0.15) is 32.8 Å². The number of benzene rings is 2. The fraction of sp³-hybridized carbons (Fsp3) is 0.350. The second-order valence-electron chi connectivity index (χ2n) is 6.87. The summed E-state index contributed by atoms with van der Waals surface area (Å²) in [5.74, 6) is 0.491. The highest BCUT2D eigenvalue weighted by Gasteiger charge is 2.17. The highest BCUT2D eigenvalue weighted by Crippen LogP contribution is 2.29. The van der Waals surface area contributed by atoms with Crippen molar-refractivity contribution >= 4 is 28.9 Å². The standard InChI is InChI=1S/C20H25ClN2O2/c1-20(2,3)15-7-5-6-8-16(15)22-12-11-19(24)23-17-13-14(21)9-10-18(17)25-4/h5-10,13,22H,11-12H2,1-4H3,(H,23,24). The second kappa shape index (κ2) is 8.26. The number of anilines is 2. The molecule has 0 unspecified atom stereocenters. The zero-order valence-corrected chi connectivity index (χ0v) is 15.9. The zero-order valence-electron chi connectivity index (χ0n) is 15.2. The Bertz CT molecular complexity index is 739. The molecule has 0 fully saturated rings. The van der Waals surface area contributed by atoms with E-state index in [1.165, 1.54) is 5.56 Å². The van der Waals surface area contributed by atoms with Gasteiger partial charge in [0.25, 0.3) is 0 Å². The van der Waals surface area contributed by atoms with E-state index in [-0.39, 0.29) is 11.3 Å². The van der Waals surface area contributed by atoms with Crippen molar-refractivity contribution in [2.24, 2.45) is 0 Å². The Balaban J connectivity index is 1.95. The molecule has 0 bridgehead atoms. The van der Waals surface area contributed by atoms with Gasteiger partial charge in [-0.05, 0) is 35.2 Å². The van der Waals surface area contributed by atoms with E-state index in [1.807, 2.05) is 18.2 Å². The number of rotatable bonds is 6. The maximum atomic E-state index is 12.2. The van der Waals surface area contributed by atoms with Crippen molar-refractivity contribution < 1.29 is 9.53 Å². The van der Waals surface area contributed by atoms with Gasteiger partial charge in [-0.15, -0.1) is 0 Å². The van der Waals surface area contributed by atoms with Gasteiger partial charge in [0.2, 0.25) is 5.91 Å². The van der Waals surface area contributed by atoms with Crippen LogP contribution < -0.4 is 15.4 Å². The van der Waals surface area contributed by atoms with Crippen molar-refractivity contribution in [2.45, 2.75) is 32.6 Å². The maximum absolute atomic E-state index is 12.2. The van der Waals surface area contributed by atoms with Gasteiger partial charge in [-0.25, -0.2) is 0 Å². The average molecular weight is 361 g/mol. The summed E-state index contributed by atoms with van der Waals surface area (Å²) >= 11 is 5.98. The van der Waals surface area contributed by atoms with E-state index >= 15 is 0 Å². The molecule has 1 amide bonds. The first kappa shape index (κ1) is 19.1. The van der Waals surface area contributed by atoms with Gasteiger partial charge >= 0.3 is 0 Å². The molecule has 0 aromatic heterocycles. The first-order chi connectivity index (χ1) is 11.8. The molecule has 0 aliphatic heterocycles. The molecule has 0 aliphatic rings. The van der Waals surface area contributed by atoms with Crippen molar-refractivity contribution in [1.82, 2.24) is 0 Å². The Kier molecular flexibility index (Phi) is 6.32. The van der Waals surface area contributed by atoms with Gasteiger partial charge in [-0.1, -0.05) is 50.6 Å². The first-order valence-corrected chi connectivity index (χ1v) is 8.66. The third kappa shape index (κ3) is 5.40. The molecule has 134 valence electrons. The quantitative estimate of drug-likeness (QED) is 0.754. The number of methoxy groups -OCH3 is 1. The number of nitrogens with one attached hydrogen (secondary N) is 2. The van der Waals surface area contributed by atoms with E-state index in [0.717, 1.165) is 5.69 Å². The molecule has 25 heavy (non-hydrogen) atoms. The summed E-state index contributed by atoms with van der Waals surface area (Å²) in [5, 5.41) is 6.75. The van der Waals surface area contributed by atoms with Crippen molar-refractivity contribution in [3.63, 3.8) is 0 Å². The number of carbonyl (C=O) groups is 1. The number of ether oxygens (including phenoxy) is 1. The number of para-hydroxylation sites is 1. The third-order valence-electron chi connectivity index (χ3n) is 3.84. The SMILES string of the molecule is COc1ccc(Cl)cc1NC(=O)CCNc1ccccc1C(C)(C)C. The number of hydrogen-bond donors (Lipinski definition) is 2. The van der Waals surface area contributed by atoms with Crippen molar-refractivity contribution in [2.75, 3.05) is 24.3 Å². The Labute approximate surface area is 154 Å². The summed E-state index contributed by atoms with van der Waals surface area (Å²) in [4.78, 5) is 12.2. The predicted molar refractivity (Wildman–Crippen MR) is 105 cm³/mol. The summed E-state index contributed by atoms with van der Waals surface area (Å²) in [7, 11) is 1.56. The predicted octanol–water partition coefficient (Wildman–Crippen LogP) is 5.09. The fourth-order valence-corrected chi connectivity index (χ4v) is 2.76. The van der Waals surface area contributed by atoms with Crippen LogP contribution in [0.25, 0.3) is 0 Å². The molecule has 4 nitrogen and oxygen atoms in total. The van der Waals surface area contributed by atoms with E-state index in [1.54, 1.807) is 25.3 Å². The Hall–Kier alpha value is -2.20. The monoisotopic (exact) mass is 360 g/mol. The first-order valence-electron chi connectivity index (χ1n) is 8.28. The lowest BCUT2D eigenvalue weighted by Crippen LogP contribution is -2.19. The molecule has 5 heteroatoms. The lowest BCUT2D eigenvalue weighted by Gasteiger charge is -2.23. The molecule has 2 rings (SSSR count). The molecule has 0 radical (unpaired) electrons. The van der Waals surface area contributed by atoms with E-state index in [2.05, 4.69) is 37.5 Å². The lowest BCUT2D eigenvalue weighted by molar-refractivity contribution is -0.116. The number of amides is 1. The molecule has 2 aromatic carbocycles. The number of halogens is 1. The van der Waals surface area contributed by atoms with Crippen LogP contribution in [0.4, 0.5) is 11.4 Å². The van der Waals surface area contributed by atoms with Crippen LogP contribution in [0.3, 0.4) is 0 Å². The minimum Gasteiger partial charge on any atom is -0.495 e. The van der Waals surface area contributed by atoms with Gasteiger partial charge in [0.05, 0.1) is 12.8 Å². The van der Waals surface area contributed by atoms with Crippen LogP contribution in [0.15, 0.2) is 42.5 Å². The minimum atomic E-state index is -0.0960. The Morgan fingerprint density at radius 3 is 2.52 bits per heavy atom. The smallest absolute Gasteiger partial charge is 0.226 e. The van der Waals surface area contributed by atoms with Gasteiger partial charge in [-0.3, -0.25) is 4.79 Å². The van der Waals surface area contributed by atoms with Crippen LogP contribution in [0.2, 0.25) is 5.02 Å². The van der Waals surface area contributed by atoms with Gasteiger partial charge in [0.1, 0.15) is 5.75 Å². The van der Waals surface area contributed by atoms with E-state index in [0.29, 0.717) is 29.4 Å². The van der Waals surface area contributed by atoms with Crippen molar-refractivity contribution in [3.05, 3.63) is 53.1 Å². The van der Waals surface area contributed by atoms with Gasteiger partial charge in [0.15, 0.2) is 0 Å². The molecule has 2 aromatic rings. The highest BCUT2D eigenvalue weighted by atomic mass is 35.5.